The molecule has 2 nitrogen and oxygen atoms in total. The molecular weight excluding hydrogens is 196 g/mol. The second kappa shape index (κ2) is 3.74. The second-order valence-corrected chi connectivity index (χ2v) is 3.96. The van der Waals surface area contributed by atoms with Crippen molar-refractivity contribution in [3.05, 3.63) is 36.4 Å². The molecule has 0 saturated carbocycles. The van der Waals surface area contributed by atoms with Gasteiger partial charge in [-0.2, -0.15) is 0 Å². The van der Waals surface area contributed by atoms with Crippen LogP contribution in [0.15, 0.2) is 35.7 Å². The maximum absolute atomic E-state index is 10.8. The average molecular weight is 203 g/mol. The molecule has 0 aliphatic rings. The van der Waals surface area contributed by atoms with Gasteiger partial charge in [0, 0.05) is 5.56 Å². The van der Waals surface area contributed by atoms with Crippen molar-refractivity contribution in [1.29, 1.82) is 0 Å². The first-order chi connectivity index (χ1) is 5.61. The van der Waals surface area contributed by atoms with Gasteiger partial charge in [-0.1, -0.05) is 18.7 Å². The lowest BCUT2D eigenvalue weighted by molar-refractivity contribution is 0.513. The Balaban J connectivity index is 3.12. The third-order valence-corrected chi connectivity index (χ3v) is 2.51. The monoisotopic (exact) mass is 202 g/mol. The van der Waals surface area contributed by atoms with E-state index in [9.17, 15) is 4.21 Å². The normalized spacial score (nSPS) is 12.4. The lowest BCUT2D eigenvalue weighted by atomic mass is 10.2. The summed E-state index contributed by atoms with van der Waals surface area (Å²) in [6, 6.07) is 6.48. The molecule has 4 heteroatoms. The van der Waals surface area contributed by atoms with E-state index in [1.807, 2.05) is 0 Å². The summed E-state index contributed by atoms with van der Waals surface area (Å²) < 4.78 is 10.8. The highest BCUT2D eigenvalue weighted by Gasteiger charge is 2.01. The third kappa shape index (κ3) is 2.09. The van der Waals surface area contributed by atoms with E-state index in [0.717, 1.165) is 0 Å². The molecule has 1 rings (SSSR count). The van der Waals surface area contributed by atoms with Gasteiger partial charge in [-0.15, -0.1) is 0 Å². The van der Waals surface area contributed by atoms with Crippen LogP contribution < -0.4 is 0 Å². The molecule has 0 bridgehead atoms. The lowest BCUT2D eigenvalue weighted by Gasteiger charge is -1.99. The summed E-state index contributed by atoms with van der Waals surface area (Å²) in [5.74, 6) is -0.0565. The van der Waals surface area contributed by atoms with Gasteiger partial charge in [0.1, 0.15) is 15.8 Å². The van der Waals surface area contributed by atoms with Crippen LogP contribution in [-0.2, 0) is 10.0 Å². The zero-order chi connectivity index (χ0) is 9.14. The Hall–Kier alpha value is -0.800. The minimum Gasteiger partial charge on any atom is -0.508 e. The molecule has 12 heavy (non-hydrogen) atoms. The van der Waals surface area contributed by atoms with E-state index in [1.165, 1.54) is 6.07 Å². The van der Waals surface area contributed by atoms with Crippen molar-refractivity contribution in [3.8, 4) is 0 Å². The number of aliphatic hydroxyl groups is 1. The first-order valence-electron chi connectivity index (χ1n) is 3.17. The van der Waals surface area contributed by atoms with Gasteiger partial charge in [-0.05, 0) is 22.8 Å². The van der Waals surface area contributed by atoms with Crippen LogP contribution in [0.25, 0.3) is 5.76 Å². The number of aliphatic hydroxyl groups excluding tert-OH is 1. The quantitative estimate of drug-likeness (QED) is 0.591. The van der Waals surface area contributed by atoms with Crippen molar-refractivity contribution in [2.45, 2.75) is 4.90 Å². The lowest BCUT2D eigenvalue weighted by Crippen LogP contribution is -1.85. The molecule has 1 N–H and O–H groups in total. The Morgan fingerprint density at radius 1 is 1.58 bits per heavy atom. The number of rotatable bonds is 2. The molecule has 0 saturated heterocycles. The van der Waals surface area contributed by atoms with Gasteiger partial charge in [-0.25, -0.2) is 4.21 Å². The van der Waals surface area contributed by atoms with E-state index in [-0.39, 0.29) is 5.76 Å². The molecule has 1 aromatic carbocycles. The molecule has 1 unspecified atom stereocenters. The molecule has 0 aromatic heterocycles. The molecule has 0 heterocycles. The number of benzene rings is 1. The Kier molecular flexibility index (Phi) is 2.89. The molecule has 1 aromatic rings. The van der Waals surface area contributed by atoms with E-state index >= 15 is 0 Å². The van der Waals surface area contributed by atoms with E-state index in [1.54, 1.807) is 18.2 Å². The first-order valence-corrected chi connectivity index (χ1v) is 5.15. The van der Waals surface area contributed by atoms with Crippen molar-refractivity contribution < 1.29 is 9.32 Å². The summed E-state index contributed by atoms with van der Waals surface area (Å²) in [5.41, 5.74) is 0.529. The molecule has 0 amide bonds. The Morgan fingerprint density at radius 3 is 2.75 bits per heavy atom. The number of halogens is 1. The Bertz CT molecular complexity index is 306. The van der Waals surface area contributed by atoms with Crippen molar-refractivity contribution in [1.82, 2.24) is 0 Å². The fourth-order valence-corrected chi connectivity index (χ4v) is 1.47. The van der Waals surface area contributed by atoms with E-state index < -0.39 is 10.0 Å². The molecule has 0 aliphatic carbocycles. The Morgan fingerprint density at radius 2 is 2.25 bits per heavy atom. The van der Waals surface area contributed by atoms with E-state index in [0.29, 0.717) is 10.5 Å². The molecule has 64 valence electrons. The minimum absolute atomic E-state index is 0.0565. The summed E-state index contributed by atoms with van der Waals surface area (Å²) in [5, 5.41) is 8.99. The van der Waals surface area contributed by atoms with Gasteiger partial charge in [0.25, 0.3) is 0 Å². The molecule has 0 radical (unpaired) electrons. The van der Waals surface area contributed by atoms with Crippen LogP contribution in [-0.4, -0.2) is 9.32 Å². The Labute approximate surface area is 77.4 Å². The summed E-state index contributed by atoms with van der Waals surface area (Å²) in [4.78, 5) is 0.462. The maximum Gasteiger partial charge on any atom is 0.147 e. The van der Waals surface area contributed by atoms with Gasteiger partial charge in [0.15, 0.2) is 0 Å². The van der Waals surface area contributed by atoms with Crippen LogP contribution in [0.2, 0.25) is 0 Å². The fraction of sp³-hybridized carbons (Fsp3) is 0. The van der Waals surface area contributed by atoms with Crippen LogP contribution in [0.5, 0.6) is 0 Å². The molecule has 1 atom stereocenters. The highest BCUT2D eigenvalue weighted by molar-refractivity contribution is 8.08. The van der Waals surface area contributed by atoms with Gasteiger partial charge in [-0.3, -0.25) is 0 Å². The first kappa shape index (κ1) is 9.29. The highest BCUT2D eigenvalue weighted by atomic mass is 35.7. The topological polar surface area (TPSA) is 37.3 Å². The van der Waals surface area contributed by atoms with Crippen molar-refractivity contribution in [3.63, 3.8) is 0 Å². The molecular formula is C8H7ClO2S. The number of hydrogen-bond donors (Lipinski definition) is 1. The maximum atomic E-state index is 10.8. The SMILES string of the molecule is C=C(O)c1cccc(S(=O)Cl)c1. The summed E-state index contributed by atoms with van der Waals surface area (Å²) in [7, 11) is 3.80. The predicted molar refractivity (Wildman–Crippen MR) is 50.4 cm³/mol. The minimum atomic E-state index is -1.54. The second-order valence-electron chi connectivity index (χ2n) is 2.20. The van der Waals surface area contributed by atoms with Gasteiger partial charge in [0.05, 0.1) is 4.90 Å². The standard InChI is InChI=1S/C8H7ClO2S/c1-6(10)7-3-2-4-8(5-7)12(9)11/h2-5,10H,1H2. The van der Waals surface area contributed by atoms with Crippen LogP contribution in [0.1, 0.15) is 5.56 Å². The van der Waals surface area contributed by atoms with Crippen molar-refractivity contribution in [2.24, 2.45) is 0 Å². The zero-order valence-electron chi connectivity index (χ0n) is 6.16. The summed E-state index contributed by atoms with van der Waals surface area (Å²) >= 11 is 0. The van der Waals surface area contributed by atoms with Crippen molar-refractivity contribution >= 4 is 26.5 Å². The van der Waals surface area contributed by atoms with Crippen LogP contribution >= 0.6 is 10.7 Å². The van der Waals surface area contributed by atoms with Crippen LogP contribution in [0, 0.1) is 0 Å². The molecule has 0 spiro atoms. The smallest absolute Gasteiger partial charge is 0.147 e. The average Bonchev–Trinajstić information content (AvgIpc) is 2.04. The van der Waals surface area contributed by atoms with E-state index in [4.69, 9.17) is 15.8 Å². The highest BCUT2D eigenvalue weighted by Crippen LogP contribution is 2.15. The molecule has 0 aliphatic heterocycles. The number of hydrogen-bond acceptors (Lipinski definition) is 2. The summed E-state index contributed by atoms with van der Waals surface area (Å²) in [6.07, 6.45) is 0. The van der Waals surface area contributed by atoms with Crippen LogP contribution in [0.4, 0.5) is 0 Å². The summed E-state index contributed by atoms with van der Waals surface area (Å²) in [6.45, 7) is 3.34. The third-order valence-electron chi connectivity index (χ3n) is 1.35. The predicted octanol–water partition coefficient (Wildman–Crippen LogP) is 2.48. The van der Waals surface area contributed by atoms with Crippen molar-refractivity contribution in [2.75, 3.05) is 0 Å². The van der Waals surface area contributed by atoms with E-state index in [2.05, 4.69) is 6.58 Å². The van der Waals surface area contributed by atoms with Gasteiger partial charge in [0.2, 0.25) is 0 Å². The van der Waals surface area contributed by atoms with Crippen LogP contribution in [0.3, 0.4) is 0 Å². The fourth-order valence-electron chi connectivity index (χ4n) is 0.775. The zero-order valence-corrected chi connectivity index (χ0v) is 7.73. The van der Waals surface area contributed by atoms with Gasteiger partial charge < -0.3 is 5.11 Å². The molecule has 0 fully saturated rings. The largest absolute Gasteiger partial charge is 0.508 e. The van der Waals surface area contributed by atoms with Gasteiger partial charge >= 0.3 is 0 Å².